The number of rotatable bonds is 21. The summed E-state index contributed by atoms with van der Waals surface area (Å²) >= 11 is 6.65. The van der Waals surface area contributed by atoms with Gasteiger partial charge in [0.2, 0.25) is 23.6 Å². The number of primary amides is 1. The molecular formula is C47H45ClN4O14. The summed E-state index contributed by atoms with van der Waals surface area (Å²) in [6, 6.07) is 17.7. The Bertz CT molecular complexity index is 2770. The van der Waals surface area contributed by atoms with E-state index in [0.29, 0.717) is 53.7 Å². The second-order valence-corrected chi connectivity index (χ2v) is 15.3. The highest BCUT2D eigenvalue weighted by molar-refractivity contribution is 6.33. The number of carbonyl (C=O) groups is 6. The molecule has 1 unspecified atom stereocenters. The zero-order chi connectivity index (χ0) is 46.9. The van der Waals surface area contributed by atoms with E-state index in [2.05, 4.69) is 10.6 Å². The number of nitrogens with zero attached hydrogens (tertiary/aromatic N) is 1. The summed E-state index contributed by atoms with van der Waals surface area (Å²) in [5.74, 6) is -2.17. The van der Waals surface area contributed by atoms with Crippen molar-refractivity contribution in [1.82, 2.24) is 10.2 Å². The highest BCUT2D eigenvalue weighted by atomic mass is 35.5. The van der Waals surface area contributed by atoms with Gasteiger partial charge in [0.15, 0.2) is 5.43 Å². The monoisotopic (exact) mass is 924 g/mol. The molecule has 0 radical (unpaired) electrons. The molecule has 6 amide bonds. The number of fused-ring (bicyclic) bond motifs is 2. The van der Waals surface area contributed by atoms with Gasteiger partial charge in [0.1, 0.15) is 47.8 Å². The van der Waals surface area contributed by atoms with Crippen molar-refractivity contribution in [2.45, 2.75) is 32.7 Å². The third-order valence-corrected chi connectivity index (χ3v) is 10.7. The van der Waals surface area contributed by atoms with E-state index in [-0.39, 0.29) is 108 Å². The fraction of sp³-hybridized carbons (Fsp3) is 0.298. The molecule has 0 spiro atoms. The molecule has 4 N–H and O–H groups in total. The Hall–Kier alpha value is -7.12. The lowest BCUT2D eigenvalue weighted by Crippen LogP contribution is -2.54. The van der Waals surface area contributed by atoms with Crippen LogP contribution in [-0.2, 0) is 28.6 Å². The Morgan fingerprint density at radius 3 is 2.17 bits per heavy atom. The molecule has 7 rings (SSSR count). The average molecular weight is 925 g/mol. The number of piperidine rings is 1. The van der Waals surface area contributed by atoms with Crippen molar-refractivity contribution in [3.05, 3.63) is 105 Å². The highest BCUT2D eigenvalue weighted by Crippen LogP contribution is 2.38. The van der Waals surface area contributed by atoms with Gasteiger partial charge >= 0.3 is 0 Å². The van der Waals surface area contributed by atoms with Crippen molar-refractivity contribution >= 4 is 63.7 Å². The summed E-state index contributed by atoms with van der Waals surface area (Å²) in [5, 5.41) is 5.37. The van der Waals surface area contributed by atoms with Crippen LogP contribution in [0.2, 0.25) is 5.02 Å². The number of ether oxygens (including phenoxy) is 6. The van der Waals surface area contributed by atoms with Gasteiger partial charge in [0.25, 0.3) is 11.8 Å². The van der Waals surface area contributed by atoms with Crippen molar-refractivity contribution in [2.24, 2.45) is 5.73 Å². The molecule has 344 valence electrons. The van der Waals surface area contributed by atoms with Crippen LogP contribution >= 0.6 is 11.6 Å². The third-order valence-electron chi connectivity index (χ3n) is 10.3. The molecule has 1 atom stereocenters. The number of hydrogen-bond acceptors (Lipinski definition) is 14. The zero-order valence-corrected chi connectivity index (χ0v) is 36.7. The molecule has 0 aliphatic carbocycles. The second-order valence-electron chi connectivity index (χ2n) is 14.9. The number of amides is 6. The lowest BCUT2D eigenvalue weighted by molar-refractivity contribution is -0.136. The SMILES string of the molecule is CCOc1cc2oc(-c3ccc(OCCOCCOCCOCCOc4cccc5c4C(=O)N(C4CCC(=O)NC4=O)C5=O)cc3Cl)cc(=O)c2cc1-c1cc(NC(C)=O)cc(C(N)=O)c1. The summed E-state index contributed by atoms with van der Waals surface area (Å²) in [5.41, 5.74) is 7.59. The van der Waals surface area contributed by atoms with Crippen molar-refractivity contribution in [3.63, 3.8) is 0 Å². The van der Waals surface area contributed by atoms with Crippen molar-refractivity contribution in [1.29, 1.82) is 0 Å². The van der Waals surface area contributed by atoms with Crippen LogP contribution in [0.1, 0.15) is 57.8 Å². The molecule has 0 bridgehead atoms. The van der Waals surface area contributed by atoms with Crippen molar-refractivity contribution < 1.29 is 61.6 Å². The fourth-order valence-electron chi connectivity index (χ4n) is 7.38. The number of nitrogens with two attached hydrogens (primary N) is 1. The molecule has 4 aromatic carbocycles. The molecular weight excluding hydrogens is 880 g/mol. The van der Waals surface area contributed by atoms with E-state index in [1.807, 2.05) is 0 Å². The average Bonchev–Trinajstić information content (AvgIpc) is 3.53. The first-order valence-electron chi connectivity index (χ1n) is 20.9. The Kier molecular flexibility index (Phi) is 15.1. The molecule has 5 aromatic rings. The Balaban J connectivity index is 0.830. The minimum absolute atomic E-state index is 0.0270. The first-order chi connectivity index (χ1) is 31.8. The van der Waals surface area contributed by atoms with E-state index in [4.69, 9.17) is 50.2 Å². The van der Waals surface area contributed by atoms with Crippen molar-refractivity contribution in [2.75, 3.05) is 64.8 Å². The number of anilines is 1. The Morgan fingerprint density at radius 1 is 0.788 bits per heavy atom. The van der Waals surface area contributed by atoms with Crippen molar-refractivity contribution in [3.8, 4) is 39.7 Å². The van der Waals surface area contributed by atoms with Gasteiger partial charge in [-0.1, -0.05) is 17.7 Å². The minimum atomic E-state index is -1.07. The number of halogens is 1. The molecule has 1 saturated heterocycles. The van der Waals surface area contributed by atoms with Gasteiger partial charge in [-0.2, -0.15) is 0 Å². The Labute approximate surface area is 382 Å². The van der Waals surface area contributed by atoms with E-state index < -0.39 is 35.6 Å². The molecule has 3 heterocycles. The van der Waals surface area contributed by atoms with Crippen LogP contribution in [0.25, 0.3) is 33.4 Å². The fourth-order valence-corrected chi connectivity index (χ4v) is 7.64. The number of imide groups is 2. The van der Waals surface area contributed by atoms with Crippen LogP contribution < -0.4 is 36.0 Å². The topological polar surface area (TPSA) is 241 Å². The number of hydrogen-bond donors (Lipinski definition) is 3. The van der Waals surface area contributed by atoms with E-state index >= 15 is 0 Å². The lowest BCUT2D eigenvalue weighted by atomic mass is 9.98. The Morgan fingerprint density at radius 2 is 1.50 bits per heavy atom. The van der Waals surface area contributed by atoms with Gasteiger partial charge < -0.3 is 43.9 Å². The van der Waals surface area contributed by atoms with E-state index in [1.165, 1.54) is 25.1 Å². The smallest absolute Gasteiger partial charge is 0.266 e. The van der Waals surface area contributed by atoms with Crippen LogP contribution in [0.3, 0.4) is 0 Å². The van der Waals surface area contributed by atoms with Crippen LogP contribution in [0.15, 0.2) is 82.0 Å². The summed E-state index contributed by atoms with van der Waals surface area (Å²) in [7, 11) is 0. The molecule has 0 saturated carbocycles. The lowest BCUT2D eigenvalue weighted by Gasteiger charge is -2.27. The second kappa shape index (κ2) is 21.2. The summed E-state index contributed by atoms with van der Waals surface area (Å²) < 4.78 is 40.4. The van der Waals surface area contributed by atoms with E-state index in [1.54, 1.807) is 61.5 Å². The maximum absolute atomic E-state index is 13.5. The normalized spacial score (nSPS) is 14.6. The quantitative estimate of drug-likeness (QED) is 0.0638. The van der Waals surface area contributed by atoms with Crippen LogP contribution in [0.5, 0.6) is 17.2 Å². The predicted molar refractivity (Wildman–Crippen MR) is 239 cm³/mol. The van der Waals surface area contributed by atoms with Gasteiger partial charge in [0.05, 0.1) is 67.8 Å². The van der Waals surface area contributed by atoms with Crippen LogP contribution in [0, 0.1) is 0 Å². The molecule has 19 heteroatoms. The molecule has 66 heavy (non-hydrogen) atoms. The van der Waals surface area contributed by atoms with E-state index in [9.17, 15) is 33.6 Å². The molecule has 1 aromatic heterocycles. The largest absolute Gasteiger partial charge is 0.493 e. The predicted octanol–water partition coefficient (Wildman–Crippen LogP) is 5.15. The van der Waals surface area contributed by atoms with Crippen LogP contribution in [-0.4, -0.2) is 106 Å². The molecule has 18 nitrogen and oxygen atoms in total. The number of benzene rings is 4. The van der Waals surface area contributed by atoms with Gasteiger partial charge in [0, 0.05) is 47.9 Å². The summed E-state index contributed by atoms with van der Waals surface area (Å²) in [6.07, 6.45) is 0.0854. The third kappa shape index (κ3) is 10.9. The van der Waals surface area contributed by atoms with Gasteiger partial charge in [-0.05, 0) is 73.5 Å². The zero-order valence-electron chi connectivity index (χ0n) is 35.9. The van der Waals surface area contributed by atoms with Gasteiger partial charge in [-0.25, -0.2) is 0 Å². The first kappa shape index (κ1) is 46.9. The van der Waals surface area contributed by atoms with E-state index in [0.717, 1.165) is 4.90 Å². The summed E-state index contributed by atoms with van der Waals surface area (Å²) in [6.45, 7) is 5.36. The van der Waals surface area contributed by atoms with Crippen LogP contribution in [0.4, 0.5) is 5.69 Å². The maximum atomic E-state index is 13.5. The maximum Gasteiger partial charge on any atom is 0.266 e. The molecule has 2 aliphatic heterocycles. The molecule has 1 fully saturated rings. The highest BCUT2D eigenvalue weighted by Gasteiger charge is 2.46. The number of carbonyl (C=O) groups excluding carboxylic acids is 6. The molecule has 2 aliphatic rings. The number of nitrogens with one attached hydrogen (secondary N) is 2. The van der Waals surface area contributed by atoms with Gasteiger partial charge in [-0.3, -0.25) is 43.8 Å². The first-order valence-corrected chi connectivity index (χ1v) is 21.3. The minimum Gasteiger partial charge on any atom is -0.493 e. The summed E-state index contributed by atoms with van der Waals surface area (Å²) in [4.78, 5) is 88.4. The van der Waals surface area contributed by atoms with Gasteiger partial charge in [-0.15, -0.1) is 0 Å². The standard InChI is InChI=1S/C47H45ClN4O14/c1-3-63-39-25-41-34(23-33(39)27-19-28(44(49)56)21-29(20-27)50-26(2)53)37(54)24-40(66-41)31-8-7-30(22-35(31)48)64-17-15-61-13-11-60-12-14-62-16-18-65-38-6-4-5-32-43(38)47(59)52(46(32)58)36-9-10-42(55)51-45(36)57/h4-8,19-25,36H,3,9-18H2,1-2H3,(H2,49,56)(H,50,53)(H,51,55,57).